The lowest BCUT2D eigenvalue weighted by atomic mass is 10.3. The first-order chi connectivity index (χ1) is 6.84. The van der Waals surface area contributed by atoms with Gasteiger partial charge in [-0.25, -0.2) is 4.98 Å². The van der Waals surface area contributed by atoms with Crippen molar-refractivity contribution < 1.29 is 0 Å². The summed E-state index contributed by atoms with van der Waals surface area (Å²) >= 11 is 0. The minimum absolute atomic E-state index is 0.909. The van der Waals surface area contributed by atoms with Crippen LogP contribution in [-0.2, 0) is 6.54 Å². The number of aromatic nitrogens is 2. The number of imidazole rings is 1. The van der Waals surface area contributed by atoms with Crippen molar-refractivity contribution in [3.63, 3.8) is 0 Å². The van der Waals surface area contributed by atoms with Crippen molar-refractivity contribution in [2.45, 2.75) is 26.3 Å². The van der Waals surface area contributed by atoms with Crippen LogP contribution in [0.5, 0.6) is 0 Å². The van der Waals surface area contributed by atoms with Crippen molar-refractivity contribution in [3.8, 4) is 0 Å². The molecule has 1 fully saturated rings. The maximum atomic E-state index is 4.56. The van der Waals surface area contributed by atoms with Gasteiger partial charge in [-0.3, -0.25) is 0 Å². The Bertz CT molecular complexity index is 466. The van der Waals surface area contributed by atoms with Crippen LogP contribution in [0.25, 0.3) is 11.0 Å². The van der Waals surface area contributed by atoms with E-state index in [1.165, 1.54) is 18.4 Å². The second-order valence-corrected chi connectivity index (χ2v) is 4.20. The fourth-order valence-corrected chi connectivity index (χ4v) is 1.99. The molecule has 3 rings (SSSR count). The molecule has 72 valence electrons. The maximum Gasteiger partial charge on any atom is 0.106 e. The molecule has 1 aliphatic rings. The van der Waals surface area contributed by atoms with Crippen molar-refractivity contribution in [2.75, 3.05) is 0 Å². The molecule has 0 unspecified atom stereocenters. The highest BCUT2D eigenvalue weighted by atomic mass is 15.1. The van der Waals surface area contributed by atoms with Crippen LogP contribution in [0.3, 0.4) is 0 Å². The van der Waals surface area contributed by atoms with E-state index in [0.717, 1.165) is 23.8 Å². The van der Waals surface area contributed by atoms with Crippen molar-refractivity contribution in [2.24, 2.45) is 5.92 Å². The first-order valence-electron chi connectivity index (χ1n) is 5.26. The highest BCUT2D eigenvalue weighted by molar-refractivity contribution is 5.75. The molecule has 0 atom stereocenters. The van der Waals surface area contributed by atoms with Crippen LogP contribution in [0.4, 0.5) is 0 Å². The molecular formula is C12H14N2. The van der Waals surface area contributed by atoms with E-state index < -0.39 is 0 Å². The molecule has 2 heteroatoms. The van der Waals surface area contributed by atoms with Crippen LogP contribution in [0.1, 0.15) is 18.7 Å². The van der Waals surface area contributed by atoms with Gasteiger partial charge in [0, 0.05) is 6.54 Å². The molecular weight excluding hydrogens is 172 g/mol. The smallest absolute Gasteiger partial charge is 0.106 e. The minimum Gasteiger partial charge on any atom is -0.328 e. The van der Waals surface area contributed by atoms with E-state index in [-0.39, 0.29) is 0 Å². The molecule has 1 aliphatic carbocycles. The zero-order valence-corrected chi connectivity index (χ0v) is 8.40. The highest BCUT2D eigenvalue weighted by Gasteiger charge is 2.23. The lowest BCUT2D eigenvalue weighted by Crippen LogP contribution is -2.01. The standard InChI is InChI=1S/C12H14N2/c1-9-13-11-4-2-3-5-12(11)14(9)8-10-6-7-10/h2-5,10H,6-8H2,1H3. The van der Waals surface area contributed by atoms with E-state index in [4.69, 9.17) is 0 Å². The number of hydrogen-bond acceptors (Lipinski definition) is 1. The zero-order chi connectivity index (χ0) is 9.54. The van der Waals surface area contributed by atoms with Crippen molar-refractivity contribution in [1.82, 2.24) is 9.55 Å². The van der Waals surface area contributed by atoms with E-state index in [0.29, 0.717) is 0 Å². The quantitative estimate of drug-likeness (QED) is 0.705. The molecule has 2 nitrogen and oxygen atoms in total. The molecule has 1 aromatic heterocycles. The first kappa shape index (κ1) is 8.04. The molecule has 2 aromatic rings. The van der Waals surface area contributed by atoms with E-state index in [1.54, 1.807) is 0 Å². The van der Waals surface area contributed by atoms with Crippen LogP contribution < -0.4 is 0 Å². The summed E-state index contributed by atoms with van der Waals surface area (Å²) in [5, 5.41) is 0. The molecule has 0 N–H and O–H groups in total. The number of benzene rings is 1. The first-order valence-corrected chi connectivity index (χ1v) is 5.26. The normalized spacial score (nSPS) is 16.4. The fraction of sp³-hybridized carbons (Fsp3) is 0.417. The Morgan fingerprint density at radius 3 is 2.93 bits per heavy atom. The Hall–Kier alpha value is -1.31. The third-order valence-corrected chi connectivity index (χ3v) is 2.98. The molecule has 0 saturated heterocycles. The van der Waals surface area contributed by atoms with Gasteiger partial charge >= 0.3 is 0 Å². The van der Waals surface area contributed by atoms with Crippen LogP contribution >= 0.6 is 0 Å². The average Bonchev–Trinajstić information content (AvgIpc) is 2.93. The van der Waals surface area contributed by atoms with Crippen LogP contribution in [-0.4, -0.2) is 9.55 Å². The molecule has 14 heavy (non-hydrogen) atoms. The Balaban J connectivity index is 2.13. The van der Waals surface area contributed by atoms with E-state index >= 15 is 0 Å². The van der Waals surface area contributed by atoms with Gasteiger partial charge in [-0.15, -0.1) is 0 Å². The zero-order valence-electron chi connectivity index (χ0n) is 8.40. The molecule has 1 saturated carbocycles. The monoisotopic (exact) mass is 186 g/mol. The van der Waals surface area contributed by atoms with Gasteiger partial charge in [0.2, 0.25) is 0 Å². The highest BCUT2D eigenvalue weighted by Crippen LogP contribution is 2.32. The topological polar surface area (TPSA) is 17.8 Å². The molecule has 0 aliphatic heterocycles. The summed E-state index contributed by atoms with van der Waals surface area (Å²) in [4.78, 5) is 4.56. The van der Waals surface area contributed by atoms with Crippen molar-refractivity contribution >= 4 is 11.0 Å². The Morgan fingerprint density at radius 2 is 2.14 bits per heavy atom. The van der Waals surface area contributed by atoms with Gasteiger partial charge in [0.1, 0.15) is 5.82 Å². The van der Waals surface area contributed by atoms with Crippen LogP contribution in [0, 0.1) is 12.8 Å². The number of fused-ring (bicyclic) bond motifs is 1. The summed E-state index contributed by atoms with van der Waals surface area (Å²) in [7, 11) is 0. The molecule has 0 spiro atoms. The lowest BCUT2D eigenvalue weighted by molar-refractivity contribution is 0.626. The SMILES string of the molecule is Cc1nc2ccccc2n1CC1CC1. The molecule has 1 heterocycles. The summed E-state index contributed by atoms with van der Waals surface area (Å²) in [5.74, 6) is 2.06. The summed E-state index contributed by atoms with van der Waals surface area (Å²) in [6.07, 6.45) is 2.79. The average molecular weight is 186 g/mol. The molecule has 1 aromatic carbocycles. The number of para-hydroxylation sites is 2. The summed E-state index contributed by atoms with van der Waals surface area (Å²) in [6.45, 7) is 3.26. The molecule has 0 radical (unpaired) electrons. The van der Waals surface area contributed by atoms with Gasteiger partial charge in [-0.05, 0) is 37.8 Å². The maximum absolute atomic E-state index is 4.56. The largest absolute Gasteiger partial charge is 0.328 e. The number of rotatable bonds is 2. The van der Waals surface area contributed by atoms with E-state index in [2.05, 4.69) is 40.7 Å². The second kappa shape index (κ2) is 2.84. The Kier molecular flexibility index (Phi) is 1.63. The predicted molar refractivity (Wildman–Crippen MR) is 57.2 cm³/mol. The Morgan fingerprint density at radius 1 is 1.36 bits per heavy atom. The van der Waals surface area contributed by atoms with Gasteiger partial charge in [0.05, 0.1) is 11.0 Å². The minimum atomic E-state index is 0.909. The predicted octanol–water partition coefficient (Wildman–Crippen LogP) is 2.75. The van der Waals surface area contributed by atoms with E-state index in [1.807, 2.05) is 0 Å². The van der Waals surface area contributed by atoms with Crippen molar-refractivity contribution in [3.05, 3.63) is 30.1 Å². The molecule has 0 amide bonds. The molecule has 0 bridgehead atoms. The second-order valence-electron chi connectivity index (χ2n) is 4.20. The number of nitrogens with zero attached hydrogens (tertiary/aromatic N) is 2. The van der Waals surface area contributed by atoms with Crippen LogP contribution in [0.15, 0.2) is 24.3 Å². The fourth-order valence-electron chi connectivity index (χ4n) is 1.99. The summed E-state index contributed by atoms with van der Waals surface area (Å²) < 4.78 is 2.35. The van der Waals surface area contributed by atoms with Gasteiger partial charge < -0.3 is 4.57 Å². The lowest BCUT2D eigenvalue weighted by Gasteiger charge is -2.04. The van der Waals surface area contributed by atoms with Crippen molar-refractivity contribution in [1.29, 1.82) is 0 Å². The van der Waals surface area contributed by atoms with Crippen LogP contribution in [0.2, 0.25) is 0 Å². The third-order valence-electron chi connectivity index (χ3n) is 2.98. The van der Waals surface area contributed by atoms with Gasteiger partial charge in [-0.1, -0.05) is 12.1 Å². The number of hydrogen-bond donors (Lipinski definition) is 0. The third kappa shape index (κ3) is 1.22. The summed E-state index contributed by atoms with van der Waals surface area (Å²) in [5.41, 5.74) is 2.42. The van der Waals surface area contributed by atoms with E-state index in [9.17, 15) is 0 Å². The van der Waals surface area contributed by atoms with Gasteiger partial charge in [0.15, 0.2) is 0 Å². The van der Waals surface area contributed by atoms with Gasteiger partial charge in [-0.2, -0.15) is 0 Å². The number of aryl methyl sites for hydroxylation is 1. The van der Waals surface area contributed by atoms with Gasteiger partial charge in [0.25, 0.3) is 0 Å². The Labute approximate surface area is 83.6 Å². The summed E-state index contributed by atoms with van der Waals surface area (Å²) in [6, 6.07) is 8.40.